The van der Waals surface area contributed by atoms with Crippen molar-refractivity contribution in [2.75, 3.05) is 43.9 Å². The second-order valence-electron chi connectivity index (χ2n) is 5.37. The molecule has 1 fully saturated rings. The van der Waals surface area contributed by atoms with Gasteiger partial charge in [0.05, 0.1) is 12.4 Å². The van der Waals surface area contributed by atoms with Gasteiger partial charge in [-0.25, -0.2) is 4.98 Å². The molecule has 1 aromatic heterocycles. The summed E-state index contributed by atoms with van der Waals surface area (Å²) in [5.74, 6) is 2.44. The summed E-state index contributed by atoms with van der Waals surface area (Å²) in [6.45, 7) is 6.46. The number of nitrogens with one attached hydrogen (secondary N) is 2. The second kappa shape index (κ2) is 7.28. The van der Waals surface area contributed by atoms with Crippen LogP contribution in [-0.2, 0) is 0 Å². The minimum absolute atomic E-state index is 0.716. The molecule has 2 N–H and O–H groups in total. The number of hydrogen-bond donors (Lipinski definition) is 2. The van der Waals surface area contributed by atoms with E-state index in [1.54, 1.807) is 12.4 Å². The summed E-state index contributed by atoms with van der Waals surface area (Å²) in [6, 6.07) is 0. The van der Waals surface area contributed by atoms with Gasteiger partial charge in [-0.15, -0.1) is 0 Å². The van der Waals surface area contributed by atoms with Crippen LogP contribution in [0.25, 0.3) is 0 Å². The fourth-order valence-electron chi connectivity index (χ4n) is 2.48. The molecule has 2 heterocycles. The van der Waals surface area contributed by atoms with Crippen LogP contribution >= 0.6 is 0 Å². The summed E-state index contributed by atoms with van der Waals surface area (Å²) in [7, 11) is 2.20. The normalized spacial score (nSPS) is 20.2. The number of rotatable bonds is 6. The van der Waals surface area contributed by atoms with Crippen molar-refractivity contribution < 1.29 is 0 Å². The lowest BCUT2D eigenvalue weighted by atomic mass is 9.98. The van der Waals surface area contributed by atoms with Gasteiger partial charge in [0.25, 0.3) is 0 Å². The van der Waals surface area contributed by atoms with E-state index in [1.807, 2.05) is 0 Å². The largest absolute Gasteiger partial charge is 0.369 e. The van der Waals surface area contributed by atoms with E-state index in [9.17, 15) is 0 Å². The molecule has 0 radical (unpaired) electrons. The van der Waals surface area contributed by atoms with Gasteiger partial charge in [0.2, 0.25) is 0 Å². The molecule has 1 aliphatic heterocycles. The topological polar surface area (TPSA) is 53.1 Å². The first kappa shape index (κ1) is 14.1. The second-order valence-corrected chi connectivity index (χ2v) is 5.37. The van der Waals surface area contributed by atoms with Crippen LogP contribution in [0.1, 0.15) is 26.2 Å². The minimum Gasteiger partial charge on any atom is -0.369 e. The van der Waals surface area contributed by atoms with Gasteiger partial charge in [0, 0.05) is 19.6 Å². The van der Waals surface area contributed by atoms with Gasteiger partial charge < -0.3 is 15.5 Å². The maximum Gasteiger partial charge on any atom is 0.146 e. The predicted octanol–water partition coefficient (Wildman–Crippen LogP) is 2.05. The first-order valence-electron chi connectivity index (χ1n) is 7.26. The third-order valence-electron chi connectivity index (χ3n) is 3.48. The lowest BCUT2D eigenvalue weighted by Crippen LogP contribution is -2.35. The predicted molar refractivity (Wildman–Crippen MR) is 79.5 cm³/mol. The zero-order valence-corrected chi connectivity index (χ0v) is 12.0. The molecule has 0 amide bonds. The molecule has 2 rings (SSSR count). The van der Waals surface area contributed by atoms with Crippen LogP contribution in [0.3, 0.4) is 0 Å². The van der Waals surface area contributed by atoms with Gasteiger partial charge in [0.1, 0.15) is 11.6 Å². The summed E-state index contributed by atoms with van der Waals surface area (Å²) >= 11 is 0. The van der Waals surface area contributed by atoms with Crippen LogP contribution in [0, 0.1) is 5.92 Å². The fourth-order valence-corrected chi connectivity index (χ4v) is 2.48. The molecule has 1 unspecified atom stereocenters. The standard InChI is InChI=1S/C14H25N5/c1-3-6-16-13-9-15-10-14(18-13)17-8-12-5-4-7-19(2)11-12/h9-10,12H,3-8,11H2,1-2H3,(H2,16,17,18). The summed E-state index contributed by atoms with van der Waals surface area (Å²) in [6.07, 6.45) is 7.26. The molecule has 1 aliphatic rings. The maximum atomic E-state index is 4.52. The highest BCUT2D eigenvalue weighted by Crippen LogP contribution is 2.16. The zero-order chi connectivity index (χ0) is 13.5. The smallest absolute Gasteiger partial charge is 0.146 e. The Morgan fingerprint density at radius 2 is 2.11 bits per heavy atom. The highest BCUT2D eigenvalue weighted by atomic mass is 15.1. The van der Waals surface area contributed by atoms with Crippen molar-refractivity contribution in [3.8, 4) is 0 Å². The molecule has 106 valence electrons. The molecule has 1 atom stereocenters. The molecular formula is C14H25N5. The first-order chi connectivity index (χ1) is 9.28. The Kier molecular flexibility index (Phi) is 5.39. The monoisotopic (exact) mass is 263 g/mol. The van der Waals surface area contributed by atoms with E-state index < -0.39 is 0 Å². The van der Waals surface area contributed by atoms with Crippen molar-refractivity contribution in [1.82, 2.24) is 14.9 Å². The molecule has 1 saturated heterocycles. The zero-order valence-electron chi connectivity index (χ0n) is 12.0. The number of likely N-dealkylation sites (tertiary alicyclic amines) is 1. The lowest BCUT2D eigenvalue weighted by Gasteiger charge is -2.29. The van der Waals surface area contributed by atoms with E-state index in [2.05, 4.69) is 39.5 Å². The number of hydrogen-bond acceptors (Lipinski definition) is 5. The van der Waals surface area contributed by atoms with E-state index in [-0.39, 0.29) is 0 Å². The van der Waals surface area contributed by atoms with Crippen molar-refractivity contribution in [1.29, 1.82) is 0 Å². The molecule has 0 saturated carbocycles. The molecule has 5 nitrogen and oxygen atoms in total. The van der Waals surface area contributed by atoms with Gasteiger partial charge in [-0.1, -0.05) is 6.92 Å². The summed E-state index contributed by atoms with van der Waals surface area (Å²) in [5, 5.41) is 6.67. The Bertz CT molecular complexity index is 382. The van der Waals surface area contributed by atoms with Gasteiger partial charge in [-0.2, -0.15) is 0 Å². The van der Waals surface area contributed by atoms with E-state index in [0.29, 0.717) is 5.92 Å². The SMILES string of the molecule is CCCNc1cncc(NCC2CCCN(C)C2)n1. The third kappa shape index (κ3) is 4.67. The van der Waals surface area contributed by atoms with E-state index in [0.717, 1.165) is 31.1 Å². The molecule has 0 aromatic carbocycles. The maximum absolute atomic E-state index is 4.52. The average Bonchev–Trinajstić information content (AvgIpc) is 2.43. The van der Waals surface area contributed by atoms with Crippen LogP contribution in [0.4, 0.5) is 11.6 Å². The summed E-state index contributed by atoms with van der Waals surface area (Å²) in [4.78, 5) is 11.1. The van der Waals surface area contributed by atoms with Gasteiger partial charge in [0.15, 0.2) is 0 Å². The molecule has 5 heteroatoms. The van der Waals surface area contributed by atoms with Crippen molar-refractivity contribution >= 4 is 11.6 Å². The quantitative estimate of drug-likeness (QED) is 0.822. The molecule has 0 aliphatic carbocycles. The fraction of sp³-hybridized carbons (Fsp3) is 0.714. The van der Waals surface area contributed by atoms with Crippen molar-refractivity contribution in [2.24, 2.45) is 5.92 Å². The number of nitrogens with zero attached hydrogens (tertiary/aromatic N) is 3. The van der Waals surface area contributed by atoms with Crippen LogP contribution in [0.15, 0.2) is 12.4 Å². The molecule has 1 aromatic rings. The Morgan fingerprint density at radius 3 is 2.84 bits per heavy atom. The summed E-state index contributed by atoms with van der Waals surface area (Å²) < 4.78 is 0. The molecule has 0 spiro atoms. The van der Waals surface area contributed by atoms with E-state index >= 15 is 0 Å². The van der Waals surface area contributed by atoms with Crippen molar-refractivity contribution in [3.63, 3.8) is 0 Å². The number of anilines is 2. The Morgan fingerprint density at radius 1 is 1.32 bits per heavy atom. The highest BCUT2D eigenvalue weighted by Gasteiger charge is 2.16. The highest BCUT2D eigenvalue weighted by molar-refractivity contribution is 5.41. The van der Waals surface area contributed by atoms with E-state index in [4.69, 9.17) is 0 Å². The van der Waals surface area contributed by atoms with E-state index in [1.165, 1.54) is 25.9 Å². The van der Waals surface area contributed by atoms with Crippen LogP contribution in [0.5, 0.6) is 0 Å². The number of piperidine rings is 1. The molecule has 0 bridgehead atoms. The molecule has 19 heavy (non-hydrogen) atoms. The van der Waals surface area contributed by atoms with Gasteiger partial charge in [-0.05, 0) is 38.8 Å². The number of aromatic nitrogens is 2. The Balaban J connectivity index is 1.81. The van der Waals surface area contributed by atoms with Crippen LogP contribution < -0.4 is 10.6 Å². The van der Waals surface area contributed by atoms with Crippen LogP contribution in [-0.4, -0.2) is 48.1 Å². The van der Waals surface area contributed by atoms with Crippen molar-refractivity contribution in [2.45, 2.75) is 26.2 Å². The Hall–Kier alpha value is -1.36. The van der Waals surface area contributed by atoms with Gasteiger partial charge >= 0.3 is 0 Å². The lowest BCUT2D eigenvalue weighted by molar-refractivity contribution is 0.217. The van der Waals surface area contributed by atoms with Gasteiger partial charge in [-0.3, -0.25) is 4.98 Å². The average molecular weight is 263 g/mol. The minimum atomic E-state index is 0.716. The van der Waals surface area contributed by atoms with Crippen LogP contribution in [0.2, 0.25) is 0 Å². The molecular weight excluding hydrogens is 238 g/mol. The van der Waals surface area contributed by atoms with Crippen molar-refractivity contribution in [3.05, 3.63) is 12.4 Å². The first-order valence-corrected chi connectivity index (χ1v) is 7.26. The third-order valence-corrected chi connectivity index (χ3v) is 3.48. The Labute approximate surface area is 115 Å². The summed E-state index contributed by atoms with van der Waals surface area (Å²) in [5.41, 5.74) is 0.